The number of nitrogens with zero attached hydrogens (tertiary/aromatic N) is 4. The minimum absolute atomic E-state index is 0.658. The summed E-state index contributed by atoms with van der Waals surface area (Å²) in [6, 6.07) is 54.1. The number of hydrogen-bond donors (Lipinski definition) is 0. The van der Waals surface area contributed by atoms with Gasteiger partial charge < -0.3 is 4.57 Å². The SMILES string of the molecule is C1=Cc2c(c3ccccc3n2-c2ccc3c(c2)c2ccccc2n3-c2nccc(-c3cccc(-c4ccc(-c5ccccc5)cc4)c3)n2)CC1. The van der Waals surface area contributed by atoms with Gasteiger partial charge in [-0.25, -0.2) is 9.97 Å². The molecule has 6 aromatic carbocycles. The largest absolute Gasteiger partial charge is 0.310 e. The van der Waals surface area contributed by atoms with Crippen LogP contribution in [0.25, 0.3) is 83.9 Å². The van der Waals surface area contributed by atoms with Gasteiger partial charge >= 0.3 is 0 Å². The van der Waals surface area contributed by atoms with E-state index in [2.05, 4.69) is 167 Å². The van der Waals surface area contributed by atoms with Crippen LogP contribution >= 0.6 is 0 Å². The van der Waals surface area contributed by atoms with Crippen molar-refractivity contribution >= 4 is 38.8 Å². The highest BCUT2D eigenvalue weighted by atomic mass is 15.2. The first kappa shape index (κ1) is 28.5. The molecule has 0 saturated heterocycles. The fraction of sp³-hybridized carbons (Fsp3) is 0.0435. The summed E-state index contributed by atoms with van der Waals surface area (Å²) in [5.41, 5.74) is 14.0. The van der Waals surface area contributed by atoms with Crippen LogP contribution in [0, 0.1) is 0 Å². The monoisotopic (exact) mass is 640 g/mol. The summed E-state index contributed by atoms with van der Waals surface area (Å²) in [5, 5.41) is 3.70. The average molecular weight is 641 g/mol. The van der Waals surface area contributed by atoms with Crippen LogP contribution in [0.15, 0.2) is 164 Å². The summed E-state index contributed by atoms with van der Waals surface area (Å²) in [7, 11) is 0. The lowest BCUT2D eigenvalue weighted by Gasteiger charge is -2.13. The fourth-order valence-electron chi connectivity index (χ4n) is 7.74. The molecule has 0 saturated carbocycles. The van der Waals surface area contributed by atoms with Crippen molar-refractivity contribution in [3.8, 4) is 45.1 Å². The number of allylic oxidation sites excluding steroid dienone is 1. The maximum atomic E-state index is 5.18. The Kier molecular flexibility index (Phi) is 6.59. The Morgan fingerprint density at radius 1 is 0.480 bits per heavy atom. The highest BCUT2D eigenvalue weighted by Crippen LogP contribution is 2.37. The molecule has 0 spiro atoms. The molecule has 1 aliphatic carbocycles. The predicted octanol–water partition coefficient (Wildman–Crippen LogP) is 11.5. The van der Waals surface area contributed by atoms with E-state index in [0.717, 1.165) is 46.4 Å². The Labute approximate surface area is 290 Å². The second-order valence-electron chi connectivity index (χ2n) is 13.0. The van der Waals surface area contributed by atoms with Crippen molar-refractivity contribution in [3.05, 3.63) is 175 Å². The Morgan fingerprint density at radius 2 is 1.14 bits per heavy atom. The quantitative estimate of drug-likeness (QED) is 0.188. The van der Waals surface area contributed by atoms with Crippen LogP contribution in [0.1, 0.15) is 17.7 Å². The van der Waals surface area contributed by atoms with Gasteiger partial charge in [-0.1, -0.05) is 115 Å². The Balaban J connectivity index is 1.07. The van der Waals surface area contributed by atoms with E-state index in [1.54, 1.807) is 0 Å². The van der Waals surface area contributed by atoms with Gasteiger partial charge in [0.15, 0.2) is 0 Å². The Bertz CT molecular complexity index is 2750. The van der Waals surface area contributed by atoms with E-state index in [9.17, 15) is 0 Å². The minimum atomic E-state index is 0.658. The topological polar surface area (TPSA) is 35.6 Å². The van der Waals surface area contributed by atoms with Crippen molar-refractivity contribution in [3.63, 3.8) is 0 Å². The molecule has 0 amide bonds. The molecule has 236 valence electrons. The van der Waals surface area contributed by atoms with E-state index in [1.807, 2.05) is 12.3 Å². The fourth-order valence-corrected chi connectivity index (χ4v) is 7.74. The van der Waals surface area contributed by atoms with Crippen LogP contribution in [-0.4, -0.2) is 19.1 Å². The highest BCUT2D eigenvalue weighted by Gasteiger charge is 2.20. The van der Waals surface area contributed by atoms with E-state index < -0.39 is 0 Å². The average Bonchev–Trinajstić information content (AvgIpc) is 3.71. The van der Waals surface area contributed by atoms with Crippen LogP contribution in [0.3, 0.4) is 0 Å². The number of fused-ring (bicyclic) bond motifs is 6. The molecule has 0 N–H and O–H groups in total. The lowest BCUT2D eigenvalue weighted by Crippen LogP contribution is -2.02. The van der Waals surface area contributed by atoms with Crippen molar-refractivity contribution in [2.24, 2.45) is 0 Å². The van der Waals surface area contributed by atoms with Crippen molar-refractivity contribution in [2.75, 3.05) is 0 Å². The standard InChI is InChI=1S/C46H32N4/c1-2-11-31(12-3-1)32-21-23-33(24-22-32)34-13-10-14-35(29-34)41-27-28-47-46(48-41)50-44-20-9-6-17-39(44)40-30-36(25-26-45(40)50)49-42-18-7-4-15-37(42)38-16-5-8-19-43(38)49/h1-4,6-15,17-30H,5,16H2. The second kappa shape index (κ2) is 11.6. The molecule has 0 radical (unpaired) electrons. The molecule has 0 aliphatic heterocycles. The summed E-state index contributed by atoms with van der Waals surface area (Å²) >= 11 is 0. The zero-order chi connectivity index (χ0) is 33.0. The van der Waals surface area contributed by atoms with Gasteiger partial charge in [0, 0.05) is 39.3 Å². The third-order valence-corrected chi connectivity index (χ3v) is 10.1. The van der Waals surface area contributed by atoms with Gasteiger partial charge in [-0.05, 0) is 89.2 Å². The lowest BCUT2D eigenvalue weighted by molar-refractivity contribution is 0.967. The Morgan fingerprint density at radius 3 is 1.98 bits per heavy atom. The van der Waals surface area contributed by atoms with E-state index in [4.69, 9.17) is 9.97 Å². The van der Waals surface area contributed by atoms with E-state index >= 15 is 0 Å². The molecule has 0 atom stereocenters. The van der Waals surface area contributed by atoms with Gasteiger partial charge in [-0.3, -0.25) is 4.57 Å². The molecule has 3 heterocycles. The summed E-state index contributed by atoms with van der Waals surface area (Å²) in [5.74, 6) is 0.658. The van der Waals surface area contributed by atoms with Crippen LogP contribution < -0.4 is 0 Å². The molecular formula is C46H32N4. The molecule has 3 aromatic heterocycles. The molecule has 0 bridgehead atoms. The van der Waals surface area contributed by atoms with Gasteiger partial charge in [0.05, 0.1) is 22.2 Å². The van der Waals surface area contributed by atoms with E-state index in [1.165, 1.54) is 49.6 Å². The number of para-hydroxylation sites is 2. The highest BCUT2D eigenvalue weighted by molar-refractivity contribution is 6.10. The number of benzene rings is 6. The predicted molar refractivity (Wildman–Crippen MR) is 207 cm³/mol. The first-order chi connectivity index (χ1) is 24.8. The minimum Gasteiger partial charge on any atom is -0.310 e. The maximum absolute atomic E-state index is 5.18. The summed E-state index contributed by atoms with van der Waals surface area (Å²) in [6.07, 6.45) is 8.61. The number of rotatable bonds is 5. The van der Waals surface area contributed by atoms with Crippen molar-refractivity contribution < 1.29 is 0 Å². The first-order valence-electron chi connectivity index (χ1n) is 17.2. The van der Waals surface area contributed by atoms with Gasteiger partial charge in [-0.15, -0.1) is 0 Å². The summed E-state index contributed by atoms with van der Waals surface area (Å²) in [4.78, 5) is 10.0. The smallest absolute Gasteiger partial charge is 0.235 e. The Hall–Kier alpha value is -6.52. The first-order valence-corrected chi connectivity index (χ1v) is 17.2. The summed E-state index contributed by atoms with van der Waals surface area (Å²) in [6.45, 7) is 0. The molecule has 10 rings (SSSR count). The van der Waals surface area contributed by atoms with Gasteiger partial charge in [0.1, 0.15) is 0 Å². The molecule has 0 fully saturated rings. The maximum Gasteiger partial charge on any atom is 0.235 e. The normalized spacial score (nSPS) is 12.6. The van der Waals surface area contributed by atoms with Crippen molar-refractivity contribution in [1.29, 1.82) is 0 Å². The van der Waals surface area contributed by atoms with Gasteiger partial charge in [0.2, 0.25) is 5.95 Å². The lowest BCUT2D eigenvalue weighted by atomic mass is 9.98. The zero-order valence-electron chi connectivity index (χ0n) is 27.4. The number of aromatic nitrogens is 4. The molecule has 1 aliphatic rings. The third kappa shape index (κ3) is 4.61. The number of aryl methyl sites for hydroxylation is 1. The second-order valence-corrected chi connectivity index (χ2v) is 13.0. The molecule has 0 unspecified atom stereocenters. The summed E-state index contributed by atoms with van der Waals surface area (Å²) < 4.78 is 4.62. The van der Waals surface area contributed by atoms with Crippen molar-refractivity contribution in [2.45, 2.75) is 12.8 Å². The van der Waals surface area contributed by atoms with Crippen LogP contribution in [0.5, 0.6) is 0 Å². The van der Waals surface area contributed by atoms with Crippen LogP contribution in [-0.2, 0) is 6.42 Å². The molecule has 50 heavy (non-hydrogen) atoms. The molecule has 4 heteroatoms. The molecule has 9 aromatic rings. The zero-order valence-corrected chi connectivity index (χ0v) is 27.4. The number of hydrogen-bond acceptors (Lipinski definition) is 2. The van der Waals surface area contributed by atoms with Gasteiger partial charge in [-0.2, -0.15) is 0 Å². The van der Waals surface area contributed by atoms with Crippen LogP contribution in [0.2, 0.25) is 0 Å². The van der Waals surface area contributed by atoms with E-state index in [0.29, 0.717) is 5.95 Å². The van der Waals surface area contributed by atoms with E-state index in [-0.39, 0.29) is 0 Å². The molecular weight excluding hydrogens is 609 g/mol. The molecule has 4 nitrogen and oxygen atoms in total. The van der Waals surface area contributed by atoms with Crippen LogP contribution in [0.4, 0.5) is 0 Å². The third-order valence-electron chi connectivity index (χ3n) is 10.1. The van der Waals surface area contributed by atoms with Crippen molar-refractivity contribution in [1.82, 2.24) is 19.1 Å². The van der Waals surface area contributed by atoms with Gasteiger partial charge in [0.25, 0.3) is 0 Å².